The van der Waals surface area contributed by atoms with Crippen LogP contribution in [0.4, 0.5) is 0 Å². The quantitative estimate of drug-likeness (QED) is 0.499. The number of ether oxygens (including phenoxy) is 2. The molecule has 2 heterocycles. The van der Waals surface area contributed by atoms with E-state index < -0.39 is 15.9 Å². The van der Waals surface area contributed by atoms with Crippen molar-refractivity contribution in [1.29, 1.82) is 0 Å². The van der Waals surface area contributed by atoms with Gasteiger partial charge in [-0.15, -0.1) is 0 Å². The maximum atomic E-state index is 13.1. The Morgan fingerprint density at radius 2 is 1.80 bits per heavy atom. The number of sulfonamides is 1. The van der Waals surface area contributed by atoms with Gasteiger partial charge in [-0.05, 0) is 69.2 Å². The molecule has 1 saturated heterocycles. The number of amides is 1. The highest BCUT2D eigenvalue weighted by Gasteiger charge is 2.32. The van der Waals surface area contributed by atoms with Crippen molar-refractivity contribution in [3.63, 3.8) is 0 Å². The maximum Gasteiger partial charge on any atom is 0.279 e. The molecular formula is C25H31N3O5S2. The Morgan fingerprint density at radius 1 is 1.14 bits per heavy atom. The van der Waals surface area contributed by atoms with Crippen LogP contribution in [0.3, 0.4) is 0 Å². The van der Waals surface area contributed by atoms with Gasteiger partial charge in [0.1, 0.15) is 0 Å². The number of hydrogen-bond donors (Lipinski definition) is 0. The number of methoxy groups -OCH3 is 1. The fourth-order valence-corrected chi connectivity index (χ4v) is 7.29. The van der Waals surface area contributed by atoms with E-state index in [0.29, 0.717) is 36.6 Å². The molecular weight excluding hydrogens is 486 g/mol. The Hall–Kier alpha value is -2.37. The summed E-state index contributed by atoms with van der Waals surface area (Å²) in [5, 5.41) is 0. The zero-order valence-corrected chi connectivity index (χ0v) is 22.3. The van der Waals surface area contributed by atoms with E-state index in [1.165, 1.54) is 39.9 Å². The van der Waals surface area contributed by atoms with E-state index in [1.54, 1.807) is 7.11 Å². The standard InChI is InChI=1S/C25H31N3O5S2/c1-16-12-17(2)23-22(13-16)34-25(28(23)10-11-32-5)26-24(29)20-6-8-21(9-7-20)35(30,31)27-14-18(3)33-19(4)15-27/h6-9,12-13,18-19H,10-11,14-15H2,1-5H3. The minimum atomic E-state index is -3.68. The van der Waals surface area contributed by atoms with E-state index in [2.05, 4.69) is 17.1 Å². The summed E-state index contributed by atoms with van der Waals surface area (Å²) in [5.41, 5.74) is 3.63. The van der Waals surface area contributed by atoms with Crippen molar-refractivity contribution in [3.05, 3.63) is 57.9 Å². The molecule has 0 radical (unpaired) electrons. The highest BCUT2D eigenvalue weighted by atomic mass is 32.2. The molecule has 0 N–H and O–H groups in total. The SMILES string of the molecule is COCCn1c(=NC(=O)c2ccc(S(=O)(=O)N3CC(C)OC(C)C3)cc2)sc2cc(C)cc(C)c21. The lowest BCUT2D eigenvalue weighted by Crippen LogP contribution is -2.48. The number of fused-ring (bicyclic) bond motifs is 1. The third-order valence-corrected chi connectivity index (χ3v) is 8.82. The minimum absolute atomic E-state index is 0.151. The summed E-state index contributed by atoms with van der Waals surface area (Å²) < 4.78 is 41.6. The highest BCUT2D eigenvalue weighted by Crippen LogP contribution is 2.24. The number of aromatic nitrogens is 1. The van der Waals surface area contributed by atoms with Crippen LogP contribution in [0, 0.1) is 13.8 Å². The van der Waals surface area contributed by atoms with Crippen molar-refractivity contribution in [3.8, 4) is 0 Å². The summed E-state index contributed by atoms with van der Waals surface area (Å²) in [6.45, 7) is 9.47. The molecule has 0 saturated carbocycles. The molecule has 0 bridgehead atoms. The summed E-state index contributed by atoms with van der Waals surface area (Å²) in [7, 11) is -2.04. The predicted molar refractivity (Wildman–Crippen MR) is 136 cm³/mol. The van der Waals surface area contributed by atoms with Crippen LogP contribution in [-0.2, 0) is 26.0 Å². The summed E-state index contributed by atoms with van der Waals surface area (Å²) in [4.78, 5) is 18.2. The van der Waals surface area contributed by atoms with E-state index in [0.717, 1.165) is 21.3 Å². The molecule has 1 fully saturated rings. The first-order valence-electron chi connectivity index (χ1n) is 11.5. The van der Waals surface area contributed by atoms with Gasteiger partial charge in [0.15, 0.2) is 4.80 Å². The monoisotopic (exact) mass is 517 g/mol. The number of hydrogen-bond acceptors (Lipinski definition) is 6. The molecule has 1 aromatic heterocycles. The molecule has 2 aromatic carbocycles. The molecule has 35 heavy (non-hydrogen) atoms. The third-order valence-electron chi connectivity index (χ3n) is 5.95. The second-order valence-corrected chi connectivity index (χ2v) is 11.9. The van der Waals surface area contributed by atoms with E-state index in [1.807, 2.05) is 32.3 Å². The number of nitrogens with zero attached hydrogens (tertiary/aromatic N) is 3. The fraction of sp³-hybridized carbons (Fsp3) is 0.440. The molecule has 4 rings (SSSR count). The summed E-state index contributed by atoms with van der Waals surface area (Å²) in [6.07, 6.45) is -0.349. The molecule has 0 spiro atoms. The lowest BCUT2D eigenvalue weighted by molar-refractivity contribution is -0.0440. The third kappa shape index (κ3) is 5.41. The molecule has 0 aliphatic carbocycles. The van der Waals surface area contributed by atoms with Crippen LogP contribution in [0.1, 0.15) is 35.3 Å². The van der Waals surface area contributed by atoms with Gasteiger partial charge in [-0.3, -0.25) is 4.79 Å². The molecule has 3 aromatic rings. The number of benzene rings is 2. The van der Waals surface area contributed by atoms with E-state index in [9.17, 15) is 13.2 Å². The first-order chi connectivity index (χ1) is 16.6. The normalized spacial score (nSPS) is 20.0. The Morgan fingerprint density at radius 3 is 2.43 bits per heavy atom. The van der Waals surface area contributed by atoms with Crippen molar-refractivity contribution in [2.45, 2.75) is 51.3 Å². The molecule has 188 valence electrons. The van der Waals surface area contributed by atoms with Crippen LogP contribution in [0.2, 0.25) is 0 Å². The summed E-state index contributed by atoms with van der Waals surface area (Å²) in [5.74, 6) is -0.422. The topological polar surface area (TPSA) is 90.2 Å². The van der Waals surface area contributed by atoms with Gasteiger partial charge in [-0.2, -0.15) is 9.30 Å². The Bertz CT molecular complexity index is 1400. The molecule has 2 unspecified atom stereocenters. The van der Waals surface area contributed by atoms with Gasteiger partial charge >= 0.3 is 0 Å². The number of carbonyl (C=O) groups is 1. The average molecular weight is 518 g/mol. The van der Waals surface area contributed by atoms with Crippen LogP contribution in [-0.4, -0.2) is 62.2 Å². The highest BCUT2D eigenvalue weighted by molar-refractivity contribution is 7.89. The fourth-order valence-electron chi connectivity index (χ4n) is 4.46. The zero-order valence-electron chi connectivity index (χ0n) is 20.6. The maximum absolute atomic E-state index is 13.1. The zero-order chi connectivity index (χ0) is 25.3. The molecule has 2 atom stereocenters. The average Bonchev–Trinajstić information content (AvgIpc) is 3.13. The number of thiazole rings is 1. The van der Waals surface area contributed by atoms with Crippen molar-refractivity contribution < 1.29 is 22.7 Å². The van der Waals surface area contributed by atoms with Crippen molar-refractivity contribution in [2.75, 3.05) is 26.8 Å². The van der Waals surface area contributed by atoms with Crippen LogP contribution < -0.4 is 4.80 Å². The van der Waals surface area contributed by atoms with Crippen LogP contribution in [0.5, 0.6) is 0 Å². The predicted octanol–water partition coefficient (Wildman–Crippen LogP) is 3.51. The first kappa shape index (κ1) is 25.7. The summed E-state index contributed by atoms with van der Waals surface area (Å²) in [6, 6.07) is 10.2. The number of morpholine rings is 1. The molecule has 8 nitrogen and oxygen atoms in total. The summed E-state index contributed by atoms with van der Waals surface area (Å²) >= 11 is 1.46. The largest absolute Gasteiger partial charge is 0.383 e. The van der Waals surface area contributed by atoms with Gasteiger partial charge < -0.3 is 14.0 Å². The molecule has 1 aliphatic rings. The first-order valence-corrected chi connectivity index (χ1v) is 13.8. The number of carbonyl (C=O) groups excluding carboxylic acids is 1. The van der Waals surface area contributed by atoms with Crippen LogP contribution in [0.25, 0.3) is 10.2 Å². The molecule has 1 amide bonds. The van der Waals surface area contributed by atoms with Gasteiger partial charge in [0, 0.05) is 32.3 Å². The van der Waals surface area contributed by atoms with E-state index in [4.69, 9.17) is 9.47 Å². The van der Waals surface area contributed by atoms with Gasteiger partial charge in [-0.1, -0.05) is 17.4 Å². The van der Waals surface area contributed by atoms with Crippen molar-refractivity contribution in [1.82, 2.24) is 8.87 Å². The molecule has 1 aliphatic heterocycles. The van der Waals surface area contributed by atoms with Gasteiger partial charge in [0.2, 0.25) is 10.0 Å². The lowest BCUT2D eigenvalue weighted by atomic mass is 10.1. The number of aryl methyl sites for hydroxylation is 2. The Balaban J connectivity index is 1.65. The molecule has 10 heteroatoms. The van der Waals surface area contributed by atoms with Crippen molar-refractivity contribution >= 4 is 37.5 Å². The van der Waals surface area contributed by atoms with Gasteiger partial charge in [0.25, 0.3) is 5.91 Å². The second-order valence-electron chi connectivity index (χ2n) is 8.98. The van der Waals surface area contributed by atoms with Gasteiger partial charge in [-0.25, -0.2) is 8.42 Å². The van der Waals surface area contributed by atoms with E-state index >= 15 is 0 Å². The Kier molecular flexibility index (Phi) is 7.58. The Labute approximate surface area is 209 Å². The minimum Gasteiger partial charge on any atom is -0.383 e. The lowest BCUT2D eigenvalue weighted by Gasteiger charge is -2.34. The van der Waals surface area contributed by atoms with Crippen LogP contribution in [0.15, 0.2) is 46.3 Å². The van der Waals surface area contributed by atoms with Crippen LogP contribution >= 0.6 is 11.3 Å². The number of rotatable bonds is 6. The van der Waals surface area contributed by atoms with E-state index in [-0.39, 0.29) is 17.1 Å². The smallest absolute Gasteiger partial charge is 0.279 e. The van der Waals surface area contributed by atoms with Crippen molar-refractivity contribution in [2.24, 2.45) is 4.99 Å². The second kappa shape index (κ2) is 10.3. The van der Waals surface area contributed by atoms with Gasteiger partial charge in [0.05, 0.1) is 33.9 Å².